The van der Waals surface area contributed by atoms with Crippen LogP contribution in [0.5, 0.6) is 0 Å². The monoisotopic (exact) mass is 442 g/mol. The van der Waals surface area contributed by atoms with Crippen LogP contribution in [-0.2, 0) is 19.6 Å². The van der Waals surface area contributed by atoms with Crippen LogP contribution in [0.4, 0.5) is 0 Å². The maximum Gasteiger partial charge on any atom is 0.373 e. The standard InChI is InChI=1S/C26H34O6/c1-2-3-4-5-6-7-8-9-16-21-24(29-31-25(27)22-17-12-10-13-18-22)30-32-26(28)23-19-14-11-15-20-23/h10-15,17-20,24H,2-9,16,21H2,1H3. The number of rotatable bonds is 16. The van der Waals surface area contributed by atoms with Gasteiger partial charge in [-0.25, -0.2) is 9.59 Å². The van der Waals surface area contributed by atoms with E-state index < -0.39 is 18.2 Å². The Kier molecular flexibility index (Phi) is 12.8. The van der Waals surface area contributed by atoms with Crippen molar-refractivity contribution in [1.29, 1.82) is 0 Å². The lowest BCUT2D eigenvalue weighted by molar-refractivity contribution is -0.421. The fourth-order valence-electron chi connectivity index (χ4n) is 3.17. The highest BCUT2D eigenvalue weighted by molar-refractivity contribution is 5.89. The second-order valence-corrected chi connectivity index (χ2v) is 7.71. The lowest BCUT2D eigenvalue weighted by atomic mass is 10.1. The van der Waals surface area contributed by atoms with Crippen molar-refractivity contribution in [3.8, 4) is 0 Å². The van der Waals surface area contributed by atoms with Gasteiger partial charge in [0.2, 0.25) is 6.29 Å². The molecule has 0 aliphatic heterocycles. The molecule has 2 aromatic rings. The van der Waals surface area contributed by atoms with Crippen LogP contribution >= 0.6 is 0 Å². The third kappa shape index (κ3) is 10.6. The summed E-state index contributed by atoms with van der Waals surface area (Å²) in [4.78, 5) is 44.4. The number of carbonyl (C=O) groups excluding carboxylic acids is 2. The van der Waals surface area contributed by atoms with Crippen molar-refractivity contribution in [1.82, 2.24) is 0 Å². The lowest BCUT2D eigenvalue weighted by Crippen LogP contribution is -2.22. The Hall–Kier alpha value is -2.70. The van der Waals surface area contributed by atoms with Crippen LogP contribution in [0.1, 0.15) is 91.8 Å². The first kappa shape index (κ1) is 25.6. The molecule has 0 aromatic heterocycles. The quantitative estimate of drug-likeness (QED) is 0.123. The SMILES string of the molecule is CCCCCCCCCCCC(OOC(=O)c1ccccc1)OOC(=O)c1ccccc1. The van der Waals surface area contributed by atoms with Crippen molar-refractivity contribution in [3.05, 3.63) is 71.8 Å². The molecule has 2 aromatic carbocycles. The normalized spacial score (nSPS) is 10.8. The summed E-state index contributed by atoms with van der Waals surface area (Å²) in [7, 11) is 0. The molecule has 174 valence electrons. The highest BCUT2D eigenvalue weighted by Crippen LogP contribution is 2.15. The van der Waals surface area contributed by atoms with E-state index in [1.807, 2.05) is 0 Å². The summed E-state index contributed by atoms with van der Waals surface area (Å²) < 4.78 is 0. The Labute approximate surface area is 190 Å². The van der Waals surface area contributed by atoms with E-state index in [0.717, 1.165) is 19.3 Å². The molecule has 32 heavy (non-hydrogen) atoms. The van der Waals surface area contributed by atoms with Crippen molar-refractivity contribution in [2.75, 3.05) is 0 Å². The summed E-state index contributed by atoms with van der Waals surface area (Å²) in [5, 5.41) is 0. The fourth-order valence-corrected chi connectivity index (χ4v) is 3.17. The molecule has 0 radical (unpaired) electrons. The summed E-state index contributed by atoms with van der Waals surface area (Å²) in [6.07, 6.45) is 9.94. The molecule has 0 heterocycles. The number of carbonyl (C=O) groups is 2. The van der Waals surface area contributed by atoms with E-state index in [1.165, 1.54) is 38.5 Å². The molecule has 6 heteroatoms. The average molecular weight is 443 g/mol. The topological polar surface area (TPSA) is 71.1 Å². The van der Waals surface area contributed by atoms with E-state index in [1.54, 1.807) is 60.7 Å². The first-order valence-corrected chi connectivity index (χ1v) is 11.6. The Morgan fingerprint density at radius 1 is 0.625 bits per heavy atom. The lowest BCUT2D eigenvalue weighted by Gasteiger charge is -2.15. The van der Waals surface area contributed by atoms with Crippen LogP contribution in [-0.4, -0.2) is 18.2 Å². The highest BCUT2D eigenvalue weighted by atomic mass is 17.3. The predicted octanol–water partition coefficient (Wildman–Crippen LogP) is 6.81. The zero-order valence-corrected chi connectivity index (χ0v) is 18.9. The molecule has 0 aliphatic rings. The van der Waals surface area contributed by atoms with Gasteiger partial charge in [0.15, 0.2) is 0 Å². The average Bonchev–Trinajstić information content (AvgIpc) is 2.84. The summed E-state index contributed by atoms with van der Waals surface area (Å²) in [6, 6.07) is 17.0. The minimum absolute atomic E-state index is 0.357. The molecule has 0 unspecified atom stereocenters. The van der Waals surface area contributed by atoms with Crippen molar-refractivity contribution in [2.24, 2.45) is 0 Å². The Morgan fingerprint density at radius 2 is 1.03 bits per heavy atom. The van der Waals surface area contributed by atoms with Gasteiger partial charge in [0.05, 0.1) is 11.1 Å². The molecule has 0 atom stereocenters. The van der Waals surface area contributed by atoms with Crippen molar-refractivity contribution in [3.63, 3.8) is 0 Å². The van der Waals surface area contributed by atoms with E-state index in [2.05, 4.69) is 6.92 Å². The smallest absolute Gasteiger partial charge is 0.290 e. The van der Waals surface area contributed by atoms with E-state index in [-0.39, 0.29) is 0 Å². The van der Waals surface area contributed by atoms with Gasteiger partial charge in [-0.1, -0.05) is 94.7 Å². The molecule has 2 rings (SSSR count). The molecule has 6 nitrogen and oxygen atoms in total. The molecular weight excluding hydrogens is 408 g/mol. The Morgan fingerprint density at radius 3 is 1.47 bits per heavy atom. The first-order chi connectivity index (χ1) is 15.7. The van der Waals surface area contributed by atoms with Gasteiger partial charge in [0.25, 0.3) is 0 Å². The van der Waals surface area contributed by atoms with Gasteiger partial charge < -0.3 is 0 Å². The summed E-state index contributed by atoms with van der Waals surface area (Å²) >= 11 is 0. The van der Waals surface area contributed by atoms with Crippen LogP contribution in [0.2, 0.25) is 0 Å². The van der Waals surface area contributed by atoms with Gasteiger partial charge >= 0.3 is 11.9 Å². The number of hydrogen-bond donors (Lipinski definition) is 0. The number of unbranched alkanes of at least 4 members (excludes halogenated alkanes) is 8. The van der Waals surface area contributed by atoms with Gasteiger partial charge in [-0.2, -0.15) is 0 Å². The van der Waals surface area contributed by atoms with Gasteiger partial charge in [0, 0.05) is 6.42 Å². The molecule has 0 saturated heterocycles. The van der Waals surface area contributed by atoms with Crippen molar-refractivity contribution < 1.29 is 29.1 Å². The molecule has 0 aliphatic carbocycles. The van der Waals surface area contributed by atoms with E-state index in [0.29, 0.717) is 17.5 Å². The molecule has 0 spiro atoms. The van der Waals surface area contributed by atoms with Gasteiger partial charge in [-0.3, -0.25) is 9.78 Å². The number of benzene rings is 2. The minimum Gasteiger partial charge on any atom is -0.290 e. The van der Waals surface area contributed by atoms with E-state index >= 15 is 0 Å². The highest BCUT2D eigenvalue weighted by Gasteiger charge is 2.19. The first-order valence-electron chi connectivity index (χ1n) is 11.6. The van der Waals surface area contributed by atoms with E-state index in [9.17, 15) is 9.59 Å². The van der Waals surface area contributed by atoms with Crippen LogP contribution in [0.3, 0.4) is 0 Å². The Balaban J connectivity index is 1.75. The zero-order chi connectivity index (χ0) is 22.9. The summed E-state index contributed by atoms with van der Waals surface area (Å²) in [5.74, 6) is -1.28. The molecule has 0 bridgehead atoms. The van der Waals surface area contributed by atoms with Gasteiger partial charge in [0.1, 0.15) is 0 Å². The molecule has 0 fully saturated rings. The Bertz CT molecular complexity index is 707. The second-order valence-electron chi connectivity index (χ2n) is 7.71. The molecule has 0 saturated carbocycles. The summed E-state index contributed by atoms with van der Waals surface area (Å²) in [6.45, 7) is 2.22. The van der Waals surface area contributed by atoms with Crippen molar-refractivity contribution in [2.45, 2.75) is 77.4 Å². The van der Waals surface area contributed by atoms with Crippen LogP contribution in [0.25, 0.3) is 0 Å². The largest absolute Gasteiger partial charge is 0.373 e. The molecular formula is C26H34O6. The molecule has 0 amide bonds. The zero-order valence-electron chi connectivity index (χ0n) is 18.9. The maximum atomic E-state index is 12.1. The van der Waals surface area contributed by atoms with Crippen LogP contribution < -0.4 is 0 Å². The summed E-state index contributed by atoms with van der Waals surface area (Å²) in [5.41, 5.74) is 0.714. The van der Waals surface area contributed by atoms with Crippen molar-refractivity contribution >= 4 is 11.9 Å². The third-order valence-corrected chi connectivity index (χ3v) is 5.02. The molecule has 0 N–H and O–H groups in total. The van der Waals surface area contributed by atoms with Gasteiger partial charge in [-0.15, -0.1) is 9.78 Å². The van der Waals surface area contributed by atoms with Crippen LogP contribution in [0, 0.1) is 0 Å². The fraction of sp³-hybridized carbons (Fsp3) is 0.462. The third-order valence-electron chi connectivity index (χ3n) is 5.02. The number of hydrogen-bond acceptors (Lipinski definition) is 6. The van der Waals surface area contributed by atoms with E-state index in [4.69, 9.17) is 19.6 Å². The van der Waals surface area contributed by atoms with Gasteiger partial charge in [-0.05, 0) is 30.7 Å². The second kappa shape index (κ2) is 16.0. The predicted molar refractivity (Wildman–Crippen MR) is 122 cm³/mol. The van der Waals surface area contributed by atoms with Crippen LogP contribution in [0.15, 0.2) is 60.7 Å². The maximum absolute atomic E-state index is 12.1. The minimum atomic E-state index is -1.00.